The van der Waals surface area contributed by atoms with E-state index in [1.165, 1.54) is 0 Å². The predicted molar refractivity (Wildman–Crippen MR) is 49.6 cm³/mol. The maximum Gasteiger partial charge on any atom is 0.251 e. The molecule has 1 saturated heterocycles. The Labute approximate surface area is 80.2 Å². The third kappa shape index (κ3) is 1.01. The van der Waals surface area contributed by atoms with Gasteiger partial charge in [-0.25, -0.2) is 0 Å². The summed E-state index contributed by atoms with van der Waals surface area (Å²) in [7, 11) is 0. The van der Waals surface area contributed by atoms with Gasteiger partial charge in [-0.1, -0.05) is 0 Å². The van der Waals surface area contributed by atoms with E-state index in [0.717, 1.165) is 16.9 Å². The van der Waals surface area contributed by atoms with E-state index in [0.29, 0.717) is 13.2 Å². The maximum absolute atomic E-state index is 11.5. The Morgan fingerprint density at radius 3 is 3.36 bits per heavy atom. The van der Waals surface area contributed by atoms with Crippen molar-refractivity contribution < 1.29 is 9.47 Å². The highest BCUT2D eigenvalue weighted by atomic mass is 16.7. The lowest BCUT2D eigenvalue weighted by Crippen LogP contribution is -2.24. The van der Waals surface area contributed by atoms with Crippen LogP contribution >= 0.6 is 0 Å². The molecule has 4 heteroatoms. The molecule has 1 fully saturated rings. The van der Waals surface area contributed by atoms with Crippen LogP contribution in [0.1, 0.15) is 11.1 Å². The monoisotopic (exact) mass is 191 g/mol. The smallest absolute Gasteiger partial charge is 0.251 e. The molecule has 0 spiro atoms. The van der Waals surface area contributed by atoms with Crippen LogP contribution in [-0.4, -0.2) is 17.9 Å². The second-order valence-corrected chi connectivity index (χ2v) is 3.41. The van der Waals surface area contributed by atoms with Gasteiger partial charge in [0.15, 0.2) is 6.79 Å². The molecule has 72 valence electrons. The Morgan fingerprint density at radius 2 is 2.43 bits per heavy atom. The van der Waals surface area contributed by atoms with E-state index in [2.05, 4.69) is 4.98 Å². The van der Waals surface area contributed by atoms with Crippen molar-refractivity contribution in [1.29, 1.82) is 0 Å². The molecule has 14 heavy (non-hydrogen) atoms. The molecule has 0 bridgehead atoms. The zero-order valence-corrected chi connectivity index (χ0v) is 7.45. The van der Waals surface area contributed by atoms with Crippen LogP contribution in [-0.2, 0) is 15.9 Å². The second-order valence-electron chi connectivity index (χ2n) is 3.41. The van der Waals surface area contributed by atoms with Gasteiger partial charge < -0.3 is 14.5 Å². The average Bonchev–Trinajstić information content (AvgIpc) is 2.62. The fourth-order valence-electron chi connectivity index (χ4n) is 1.86. The lowest BCUT2D eigenvalue weighted by atomic mass is 9.96. The minimum absolute atomic E-state index is 0.0340. The van der Waals surface area contributed by atoms with Crippen LogP contribution in [0.4, 0.5) is 0 Å². The molecule has 1 aromatic heterocycles. The molecule has 1 aliphatic heterocycles. The number of H-pyrrole nitrogens is 1. The Bertz CT molecular complexity index is 461. The summed E-state index contributed by atoms with van der Waals surface area (Å²) in [5, 5.41) is 0. The number of ether oxygens (including phenoxy) is 2. The van der Waals surface area contributed by atoms with Gasteiger partial charge in [-0.2, -0.15) is 0 Å². The summed E-state index contributed by atoms with van der Waals surface area (Å²) in [6.07, 6.45) is 4.07. The zero-order valence-electron chi connectivity index (χ0n) is 7.45. The lowest BCUT2D eigenvalue weighted by Gasteiger charge is -2.15. The third-order valence-electron chi connectivity index (χ3n) is 2.60. The average molecular weight is 191 g/mol. The van der Waals surface area contributed by atoms with Crippen molar-refractivity contribution in [2.75, 3.05) is 6.79 Å². The molecule has 1 atom stereocenters. The quantitative estimate of drug-likeness (QED) is 0.654. The Kier molecular flexibility index (Phi) is 1.52. The molecule has 0 radical (unpaired) electrons. The molecule has 0 amide bonds. The number of fused-ring (bicyclic) bond motifs is 2. The zero-order chi connectivity index (χ0) is 9.54. The van der Waals surface area contributed by atoms with Crippen LogP contribution in [0.15, 0.2) is 22.8 Å². The highest BCUT2D eigenvalue weighted by Gasteiger charge is 2.29. The topological polar surface area (TPSA) is 51.3 Å². The summed E-state index contributed by atoms with van der Waals surface area (Å²) < 4.78 is 10.6. The summed E-state index contributed by atoms with van der Waals surface area (Å²) >= 11 is 0. The van der Waals surface area contributed by atoms with Gasteiger partial charge in [0.05, 0.1) is 0 Å². The summed E-state index contributed by atoms with van der Waals surface area (Å²) in [5.41, 5.74) is 1.69. The van der Waals surface area contributed by atoms with Crippen molar-refractivity contribution in [3.63, 3.8) is 0 Å². The van der Waals surface area contributed by atoms with E-state index in [-0.39, 0.29) is 11.7 Å². The number of hydrogen-bond donors (Lipinski definition) is 1. The number of rotatable bonds is 0. The van der Waals surface area contributed by atoms with Crippen LogP contribution in [0.5, 0.6) is 0 Å². The van der Waals surface area contributed by atoms with E-state index in [9.17, 15) is 4.79 Å². The molecule has 2 heterocycles. The van der Waals surface area contributed by atoms with Crippen LogP contribution < -0.4 is 5.56 Å². The van der Waals surface area contributed by atoms with Gasteiger partial charge in [-0.3, -0.25) is 4.79 Å². The van der Waals surface area contributed by atoms with Crippen LogP contribution in [0.2, 0.25) is 0 Å². The minimum atomic E-state index is -0.0639. The first kappa shape index (κ1) is 7.82. The minimum Gasteiger partial charge on any atom is -0.469 e. The van der Waals surface area contributed by atoms with Crippen molar-refractivity contribution >= 4 is 6.08 Å². The summed E-state index contributed by atoms with van der Waals surface area (Å²) in [5.74, 6) is 0.836. The van der Waals surface area contributed by atoms with Gasteiger partial charge in [-0.15, -0.1) is 0 Å². The first-order valence-corrected chi connectivity index (χ1v) is 4.51. The number of aromatic nitrogens is 1. The molecule has 1 N–H and O–H groups in total. The van der Waals surface area contributed by atoms with Gasteiger partial charge in [0.25, 0.3) is 5.56 Å². The SMILES string of the molecule is O=c1[nH]ccc2c1CC1OCOC1=C2. The van der Waals surface area contributed by atoms with E-state index >= 15 is 0 Å². The van der Waals surface area contributed by atoms with Crippen molar-refractivity contribution in [3.05, 3.63) is 39.5 Å². The first-order valence-electron chi connectivity index (χ1n) is 4.51. The van der Waals surface area contributed by atoms with E-state index in [1.54, 1.807) is 6.20 Å². The molecular weight excluding hydrogens is 182 g/mol. The van der Waals surface area contributed by atoms with Crippen molar-refractivity contribution in [1.82, 2.24) is 4.98 Å². The summed E-state index contributed by atoms with van der Waals surface area (Å²) in [6, 6.07) is 1.88. The third-order valence-corrected chi connectivity index (χ3v) is 2.60. The fraction of sp³-hybridized carbons (Fsp3) is 0.300. The van der Waals surface area contributed by atoms with Crippen LogP contribution in [0.3, 0.4) is 0 Å². The molecule has 2 aliphatic rings. The Morgan fingerprint density at radius 1 is 1.50 bits per heavy atom. The summed E-state index contributed by atoms with van der Waals surface area (Å²) in [6.45, 7) is 0.294. The Hall–Kier alpha value is -1.55. The Balaban J connectivity index is 2.18. The van der Waals surface area contributed by atoms with Gasteiger partial charge in [-0.05, 0) is 17.7 Å². The highest BCUT2D eigenvalue weighted by Crippen LogP contribution is 2.28. The predicted octanol–water partition coefficient (Wildman–Crippen LogP) is 0.645. The number of pyridine rings is 1. The number of nitrogens with one attached hydrogen (secondary N) is 1. The van der Waals surface area contributed by atoms with E-state index in [4.69, 9.17) is 9.47 Å². The first-order chi connectivity index (χ1) is 6.84. The molecule has 1 aliphatic carbocycles. The molecule has 1 unspecified atom stereocenters. The molecule has 0 saturated carbocycles. The lowest BCUT2D eigenvalue weighted by molar-refractivity contribution is 0.0501. The molecular formula is C10H9NO3. The van der Waals surface area contributed by atoms with Crippen LogP contribution in [0.25, 0.3) is 6.08 Å². The number of hydrogen-bond acceptors (Lipinski definition) is 3. The largest absolute Gasteiger partial charge is 0.469 e. The maximum atomic E-state index is 11.5. The molecule has 1 aromatic rings. The second kappa shape index (κ2) is 2.72. The van der Waals surface area contributed by atoms with Crippen molar-refractivity contribution in [2.24, 2.45) is 0 Å². The highest BCUT2D eigenvalue weighted by molar-refractivity contribution is 5.58. The molecule has 0 aromatic carbocycles. The fourth-order valence-corrected chi connectivity index (χ4v) is 1.86. The standard InChI is InChI=1S/C10H9NO3/c12-10-7-4-9-8(13-5-14-9)3-6(7)1-2-11-10/h1-3,9H,4-5H2,(H,11,12). The van der Waals surface area contributed by atoms with Gasteiger partial charge in [0.1, 0.15) is 11.9 Å². The van der Waals surface area contributed by atoms with E-state index < -0.39 is 0 Å². The van der Waals surface area contributed by atoms with Crippen molar-refractivity contribution in [3.8, 4) is 0 Å². The van der Waals surface area contributed by atoms with Crippen molar-refractivity contribution in [2.45, 2.75) is 12.5 Å². The molecule has 3 rings (SSSR count). The van der Waals surface area contributed by atoms with Gasteiger partial charge in [0, 0.05) is 18.2 Å². The normalized spacial score (nSPS) is 23.4. The molecule has 4 nitrogen and oxygen atoms in total. The van der Waals surface area contributed by atoms with Gasteiger partial charge >= 0.3 is 0 Å². The van der Waals surface area contributed by atoms with Crippen LogP contribution in [0, 0.1) is 0 Å². The summed E-state index contributed by atoms with van der Waals surface area (Å²) in [4.78, 5) is 14.1. The van der Waals surface area contributed by atoms with Gasteiger partial charge in [0.2, 0.25) is 0 Å². The number of aromatic amines is 1. The van der Waals surface area contributed by atoms with E-state index in [1.807, 2.05) is 12.1 Å².